The highest BCUT2D eigenvalue weighted by molar-refractivity contribution is 6.09. The number of carbonyl (C=O) groups is 1. The van der Waals surface area contributed by atoms with Crippen LogP contribution < -0.4 is 4.74 Å². The van der Waals surface area contributed by atoms with E-state index in [1.807, 2.05) is 30.3 Å². The molecule has 3 rings (SSSR count). The van der Waals surface area contributed by atoms with Crippen LogP contribution in [0.1, 0.15) is 35.3 Å². The van der Waals surface area contributed by atoms with E-state index < -0.39 is 11.7 Å². The van der Waals surface area contributed by atoms with Crippen molar-refractivity contribution in [2.45, 2.75) is 32.0 Å². The van der Waals surface area contributed by atoms with Crippen molar-refractivity contribution in [2.75, 3.05) is 0 Å². The van der Waals surface area contributed by atoms with Crippen LogP contribution in [0.3, 0.4) is 0 Å². The number of hydrogen-bond acceptors (Lipinski definition) is 4. The topological polar surface area (TPSA) is 66.8 Å². The van der Waals surface area contributed by atoms with Crippen LogP contribution in [0.5, 0.6) is 11.5 Å². The second kappa shape index (κ2) is 6.13. The summed E-state index contributed by atoms with van der Waals surface area (Å²) in [6.45, 7) is 3.30. The Balaban J connectivity index is 1.90. The molecule has 0 amide bonds. The molecular weight excluding hydrogens is 304 g/mol. The fourth-order valence-electron chi connectivity index (χ4n) is 2.73. The molecule has 0 aliphatic carbocycles. The lowest BCUT2D eigenvalue weighted by Crippen LogP contribution is -2.39. The van der Waals surface area contributed by atoms with Gasteiger partial charge in [0, 0.05) is 12.0 Å². The van der Waals surface area contributed by atoms with E-state index in [0.717, 1.165) is 5.56 Å². The quantitative estimate of drug-likeness (QED) is 0.668. The number of aromatic hydroxyl groups is 1. The summed E-state index contributed by atoms with van der Waals surface area (Å²) >= 11 is 0. The van der Waals surface area contributed by atoms with Crippen LogP contribution in [0.25, 0.3) is 6.08 Å². The van der Waals surface area contributed by atoms with Crippen molar-refractivity contribution >= 4 is 11.9 Å². The number of hydrogen-bond donors (Lipinski definition) is 2. The average Bonchev–Trinajstić information content (AvgIpc) is 3.00. The van der Waals surface area contributed by atoms with Gasteiger partial charge in [0.2, 0.25) is 0 Å². The Kier molecular flexibility index (Phi) is 4.16. The lowest BCUT2D eigenvalue weighted by atomic mass is 9.96. The van der Waals surface area contributed by atoms with E-state index in [1.54, 1.807) is 26.0 Å². The van der Waals surface area contributed by atoms with Crippen molar-refractivity contribution in [2.24, 2.45) is 0 Å². The largest absolute Gasteiger partial charge is 0.508 e. The van der Waals surface area contributed by atoms with E-state index in [2.05, 4.69) is 0 Å². The molecule has 0 saturated carbocycles. The summed E-state index contributed by atoms with van der Waals surface area (Å²) in [4.78, 5) is 12.5. The van der Waals surface area contributed by atoms with E-state index >= 15 is 0 Å². The van der Waals surface area contributed by atoms with Gasteiger partial charge in [0.05, 0.1) is 11.2 Å². The molecule has 1 aliphatic heterocycles. The first kappa shape index (κ1) is 16.3. The second-order valence-corrected chi connectivity index (χ2v) is 6.51. The van der Waals surface area contributed by atoms with E-state index in [-0.39, 0.29) is 11.5 Å². The third-order valence-corrected chi connectivity index (χ3v) is 4.17. The summed E-state index contributed by atoms with van der Waals surface area (Å²) in [6, 6.07) is 12.6. The molecule has 2 N–H and O–H groups in total. The minimum absolute atomic E-state index is 0.0836. The molecule has 0 saturated heterocycles. The number of carbonyl (C=O) groups excluding carboxylic acids is 1. The van der Waals surface area contributed by atoms with Gasteiger partial charge < -0.3 is 14.9 Å². The fraction of sp³-hybridized carbons (Fsp3) is 0.250. The maximum atomic E-state index is 12.5. The molecule has 4 nitrogen and oxygen atoms in total. The third kappa shape index (κ3) is 3.19. The van der Waals surface area contributed by atoms with Crippen LogP contribution >= 0.6 is 0 Å². The maximum absolute atomic E-state index is 12.5. The van der Waals surface area contributed by atoms with Crippen LogP contribution in [0, 0.1) is 0 Å². The third-order valence-electron chi connectivity index (χ3n) is 4.17. The molecule has 1 aliphatic rings. The van der Waals surface area contributed by atoms with E-state index in [0.29, 0.717) is 23.3 Å². The first-order valence-corrected chi connectivity index (χ1v) is 7.87. The molecule has 0 bridgehead atoms. The number of fused-ring (bicyclic) bond motifs is 1. The molecule has 0 aromatic heterocycles. The molecule has 0 fully saturated rings. The molecule has 2 aromatic rings. The van der Waals surface area contributed by atoms with E-state index in [4.69, 9.17) is 4.74 Å². The van der Waals surface area contributed by atoms with Gasteiger partial charge in [-0.25, -0.2) is 0 Å². The lowest BCUT2D eigenvalue weighted by molar-refractivity contribution is -0.0231. The zero-order chi connectivity index (χ0) is 17.3. The van der Waals surface area contributed by atoms with Gasteiger partial charge in [-0.05, 0) is 37.6 Å². The van der Waals surface area contributed by atoms with Crippen LogP contribution in [-0.2, 0) is 6.42 Å². The Bertz CT molecular complexity index is 785. The number of phenolic OH excluding ortho intramolecular Hbond substituents is 1. The molecule has 0 radical (unpaired) electrons. The molecule has 0 spiro atoms. The summed E-state index contributed by atoms with van der Waals surface area (Å²) in [5, 5.41) is 20.2. The van der Waals surface area contributed by atoms with Gasteiger partial charge in [-0.15, -0.1) is 0 Å². The zero-order valence-electron chi connectivity index (χ0n) is 13.7. The van der Waals surface area contributed by atoms with Gasteiger partial charge >= 0.3 is 0 Å². The first-order chi connectivity index (χ1) is 11.4. The van der Waals surface area contributed by atoms with Crippen LogP contribution in [0.2, 0.25) is 0 Å². The van der Waals surface area contributed by atoms with Gasteiger partial charge in [-0.2, -0.15) is 0 Å². The molecular formula is C20H20O4. The molecule has 1 heterocycles. The normalized spacial score (nSPS) is 16.9. The number of ether oxygens (including phenoxy) is 1. The molecule has 4 heteroatoms. The van der Waals surface area contributed by atoms with Crippen molar-refractivity contribution in [3.8, 4) is 11.5 Å². The molecule has 2 aromatic carbocycles. The Labute approximate surface area is 141 Å². The van der Waals surface area contributed by atoms with E-state index in [1.165, 1.54) is 12.1 Å². The van der Waals surface area contributed by atoms with Gasteiger partial charge in [-0.1, -0.05) is 36.4 Å². The van der Waals surface area contributed by atoms with Crippen molar-refractivity contribution in [3.63, 3.8) is 0 Å². The fourth-order valence-corrected chi connectivity index (χ4v) is 2.73. The summed E-state index contributed by atoms with van der Waals surface area (Å²) in [5.74, 6) is 0.247. The van der Waals surface area contributed by atoms with Crippen LogP contribution in [0.15, 0.2) is 48.5 Å². The van der Waals surface area contributed by atoms with Gasteiger partial charge in [0.1, 0.15) is 17.6 Å². The Morgan fingerprint density at radius 2 is 1.92 bits per heavy atom. The minimum Gasteiger partial charge on any atom is -0.508 e. The first-order valence-electron chi connectivity index (χ1n) is 7.87. The molecule has 124 valence electrons. The highest BCUT2D eigenvalue weighted by Gasteiger charge is 2.38. The highest BCUT2D eigenvalue weighted by atomic mass is 16.5. The van der Waals surface area contributed by atoms with Gasteiger partial charge in [0.25, 0.3) is 0 Å². The smallest absolute Gasteiger partial charge is 0.189 e. The number of allylic oxidation sites excluding steroid dienone is 1. The number of rotatable bonds is 4. The summed E-state index contributed by atoms with van der Waals surface area (Å²) in [7, 11) is 0. The lowest BCUT2D eigenvalue weighted by Gasteiger charge is -2.24. The molecule has 0 unspecified atom stereocenters. The van der Waals surface area contributed by atoms with Gasteiger partial charge in [-0.3, -0.25) is 4.79 Å². The monoisotopic (exact) mass is 324 g/mol. The second-order valence-electron chi connectivity index (χ2n) is 6.51. The Morgan fingerprint density at radius 3 is 2.58 bits per heavy atom. The van der Waals surface area contributed by atoms with Crippen molar-refractivity contribution < 1.29 is 19.7 Å². The standard InChI is InChI=1S/C20H20O4/c1-20(2,23)18-12-15-17(22)11-9-14(19(15)24-18)16(21)10-8-13-6-4-3-5-7-13/h3-11,18,22-23H,12H2,1-2H3/t18-/m0/s1. The molecule has 24 heavy (non-hydrogen) atoms. The number of ketones is 1. The molecule has 1 atom stereocenters. The summed E-state index contributed by atoms with van der Waals surface area (Å²) in [5.41, 5.74) is 0.824. The maximum Gasteiger partial charge on any atom is 0.189 e. The highest BCUT2D eigenvalue weighted by Crippen LogP contribution is 2.41. The number of aliphatic hydroxyl groups is 1. The van der Waals surface area contributed by atoms with Crippen molar-refractivity contribution in [3.05, 3.63) is 65.2 Å². The van der Waals surface area contributed by atoms with Crippen molar-refractivity contribution in [1.82, 2.24) is 0 Å². The van der Waals surface area contributed by atoms with Crippen LogP contribution in [-0.4, -0.2) is 27.7 Å². The predicted molar refractivity (Wildman–Crippen MR) is 92.3 cm³/mol. The van der Waals surface area contributed by atoms with Crippen LogP contribution in [0.4, 0.5) is 0 Å². The number of benzene rings is 2. The SMILES string of the molecule is CC(C)(O)[C@@H]1Cc2c(O)ccc(C(=O)C=Cc3ccccc3)c2O1. The Hall–Kier alpha value is -2.59. The summed E-state index contributed by atoms with van der Waals surface area (Å²) in [6.07, 6.45) is 3.10. The predicted octanol–water partition coefficient (Wildman–Crippen LogP) is 3.36. The van der Waals surface area contributed by atoms with Crippen molar-refractivity contribution in [1.29, 1.82) is 0 Å². The minimum atomic E-state index is -1.06. The Morgan fingerprint density at radius 1 is 1.21 bits per heavy atom. The summed E-state index contributed by atoms with van der Waals surface area (Å²) < 4.78 is 5.79. The van der Waals surface area contributed by atoms with Gasteiger partial charge in [0.15, 0.2) is 5.78 Å². The average molecular weight is 324 g/mol. The van der Waals surface area contributed by atoms with E-state index in [9.17, 15) is 15.0 Å². The number of phenols is 1. The zero-order valence-corrected chi connectivity index (χ0v) is 13.7.